The van der Waals surface area contributed by atoms with E-state index in [1.807, 2.05) is 24.3 Å². The van der Waals surface area contributed by atoms with E-state index in [2.05, 4.69) is 0 Å². The Hall–Kier alpha value is -1.88. The predicted octanol–water partition coefficient (Wildman–Crippen LogP) is 2.75. The Balaban J connectivity index is 1.93. The second-order valence-electron chi connectivity index (χ2n) is 6.00. The van der Waals surface area contributed by atoms with Crippen LogP contribution < -0.4 is 4.74 Å². The molecule has 1 aromatic rings. The number of amides is 1. The Morgan fingerprint density at radius 1 is 1.17 bits per heavy atom. The van der Waals surface area contributed by atoms with E-state index in [1.54, 1.807) is 12.0 Å². The van der Waals surface area contributed by atoms with Crippen LogP contribution in [0, 0.1) is 0 Å². The Kier molecular flexibility index (Phi) is 4.39. The highest BCUT2D eigenvalue weighted by molar-refractivity contribution is 6.80. The molecule has 2 aliphatic rings. The Morgan fingerprint density at radius 3 is 2.39 bits per heavy atom. The molecule has 1 fully saturated rings. The number of methoxy groups -OCH3 is 1. The molecule has 1 spiro atoms. The van der Waals surface area contributed by atoms with Gasteiger partial charge in [-0.3, -0.25) is 14.6 Å². The molecular weight excluding hydrogens is 316 g/mol. The van der Waals surface area contributed by atoms with Gasteiger partial charge in [0.25, 0.3) is 0 Å². The predicted molar refractivity (Wildman–Crippen MR) is 87.9 cm³/mol. The molecule has 1 amide bonds. The van der Waals surface area contributed by atoms with Crippen molar-refractivity contribution in [3.05, 3.63) is 29.8 Å². The van der Waals surface area contributed by atoms with Crippen LogP contribution in [0.3, 0.4) is 0 Å². The van der Waals surface area contributed by atoms with Gasteiger partial charge >= 0.3 is 11.1 Å². The van der Waals surface area contributed by atoms with E-state index in [9.17, 15) is 9.59 Å². The highest BCUT2D eigenvalue weighted by Crippen LogP contribution is 2.39. The lowest BCUT2D eigenvalue weighted by molar-refractivity contribution is -0.144. The third-order valence-corrected chi connectivity index (χ3v) is 4.81. The summed E-state index contributed by atoms with van der Waals surface area (Å²) in [6.45, 7) is 0.323. The van der Waals surface area contributed by atoms with Gasteiger partial charge in [0.15, 0.2) is 0 Å². The van der Waals surface area contributed by atoms with Crippen molar-refractivity contribution < 1.29 is 14.3 Å². The molecule has 1 aliphatic heterocycles. The molecule has 122 valence electrons. The monoisotopic (exact) mass is 334 g/mol. The molecule has 6 heteroatoms. The van der Waals surface area contributed by atoms with Crippen molar-refractivity contribution in [1.82, 2.24) is 4.90 Å². The summed E-state index contributed by atoms with van der Waals surface area (Å²) in [7, 11) is 1.62. The molecule has 3 rings (SSSR count). The van der Waals surface area contributed by atoms with Crippen LogP contribution in [0.5, 0.6) is 5.75 Å². The van der Waals surface area contributed by atoms with Crippen LogP contribution in [0.1, 0.15) is 37.7 Å². The smallest absolute Gasteiger partial charge is 0.310 e. The highest BCUT2D eigenvalue weighted by atomic mass is 35.5. The van der Waals surface area contributed by atoms with Crippen LogP contribution in [-0.2, 0) is 9.59 Å². The number of ether oxygens (including phenoxy) is 1. The number of halogens is 1. The zero-order valence-corrected chi connectivity index (χ0v) is 13.8. The Bertz CT molecular complexity index is 648. The first-order valence-corrected chi connectivity index (χ1v) is 8.18. The van der Waals surface area contributed by atoms with Crippen molar-refractivity contribution >= 4 is 28.5 Å². The number of benzene rings is 1. The van der Waals surface area contributed by atoms with Crippen molar-refractivity contribution in [2.45, 2.75) is 37.8 Å². The quantitative estimate of drug-likeness (QED) is 0.631. The first kappa shape index (κ1) is 16.0. The number of hydrogen-bond acceptors (Lipinski definition) is 4. The summed E-state index contributed by atoms with van der Waals surface area (Å²) in [5, 5.41) is -0.943. The van der Waals surface area contributed by atoms with Crippen molar-refractivity contribution in [2.75, 3.05) is 13.7 Å². The Morgan fingerprint density at radius 2 is 1.83 bits per heavy atom. The molecule has 1 heterocycles. The van der Waals surface area contributed by atoms with Crippen molar-refractivity contribution in [3.8, 4) is 5.75 Å². The minimum absolute atomic E-state index is 0.323. The summed E-state index contributed by atoms with van der Waals surface area (Å²) in [6, 6.07) is 7.57. The topological polar surface area (TPSA) is 59.0 Å². The van der Waals surface area contributed by atoms with Crippen LogP contribution >= 0.6 is 11.6 Å². The largest absolute Gasteiger partial charge is 0.497 e. The third kappa shape index (κ3) is 2.98. The summed E-state index contributed by atoms with van der Waals surface area (Å²) >= 11 is 5.45. The first-order chi connectivity index (χ1) is 11.1. The van der Waals surface area contributed by atoms with E-state index in [4.69, 9.17) is 21.3 Å². The third-order valence-electron chi connectivity index (χ3n) is 4.64. The summed E-state index contributed by atoms with van der Waals surface area (Å²) in [4.78, 5) is 30.1. The van der Waals surface area contributed by atoms with E-state index in [-0.39, 0.29) is 0 Å². The van der Waals surface area contributed by atoms with Gasteiger partial charge in [0.05, 0.1) is 19.4 Å². The molecule has 0 aromatic heterocycles. The van der Waals surface area contributed by atoms with Crippen molar-refractivity contribution in [2.24, 2.45) is 4.99 Å². The summed E-state index contributed by atoms with van der Waals surface area (Å²) in [5.41, 5.74) is 1.16. The van der Waals surface area contributed by atoms with Crippen molar-refractivity contribution in [1.29, 1.82) is 0 Å². The lowest BCUT2D eigenvalue weighted by atomic mass is 9.88. The van der Waals surface area contributed by atoms with Gasteiger partial charge in [-0.1, -0.05) is 6.42 Å². The number of hydrogen-bond donors (Lipinski definition) is 0. The lowest BCUT2D eigenvalue weighted by Crippen LogP contribution is -2.50. The molecule has 0 radical (unpaired) electrons. The minimum Gasteiger partial charge on any atom is -0.497 e. The van der Waals surface area contributed by atoms with E-state index in [0.717, 1.165) is 49.1 Å². The van der Waals surface area contributed by atoms with Gasteiger partial charge in [-0.15, -0.1) is 0 Å². The number of carbonyl (C=O) groups is 2. The molecule has 0 saturated heterocycles. The van der Waals surface area contributed by atoms with Gasteiger partial charge in [-0.05, 0) is 67.1 Å². The van der Waals surface area contributed by atoms with Gasteiger partial charge in [0.2, 0.25) is 0 Å². The average molecular weight is 335 g/mol. The Labute approximate surface area is 140 Å². The average Bonchev–Trinajstić information content (AvgIpc) is 2.93. The molecule has 0 atom stereocenters. The zero-order chi connectivity index (χ0) is 16.4. The normalized spacial score (nSPS) is 19.6. The molecule has 5 nitrogen and oxygen atoms in total. The fourth-order valence-electron chi connectivity index (χ4n) is 3.45. The maximum absolute atomic E-state index is 12.2. The number of carbonyl (C=O) groups excluding carboxylic acids is 2. The number of rotatable bonds is 3. The second-order valence-corrected chi connectivity index (χ2v) is 6.34. The molecule has 1 saturated carbocycles. The fourth-order valence-corrected chi connectivity index (χ4v) is 3.55. The van der Waals surface area contributed by atoms with Crippen molar-refractivity contribution in [3.63, 3.8) is 0 Å². The van der Waals surface area contributed by atoms with Crippen LogP contribution in [0.15, 0.2) is 29.3 Å². The van der Waals surface area contributed by atoms with Gasteiger partial charge in [-0.2, -0.15) is 0 Å². The van der Waals surface area contributed by atoms with Gasteiger partial charge in [-0.25, -0.2) is 0 Å². The highest BCUT2D eigenvalue weighted by Gasteiger charge is 2.46. The maximum atomic E-state index is 12.2. The molecular formula is C17H19ClN2O3. The molecule has 1 aliphatic carbocycles. The molecule has 1 aromatic carbocycles. The molecule has 0 bridgehead atoms. The zero-order valence-electron chi connectivity index (χ0n) is 13.0. The minimum atomic E-state index is -0.943. The van der Waals surface area contributed by atoms with Gasteiger partial charge < -0.3 is 9.64 Å². The summed E-state index contributed by atoms with van der Waals surface area (Å²) < 4.78 is 5.17. The molecule has 0 unspecified atom stereocenters. The van der Waals surface area contributed by atoms with Crippen LogP contribution in [0.2, 0.25) is 0 Å². The molecule has 23 heavy (non-hydrogen) atoms. The van der Waals surface area contributed by atoms with Crippen LogP contribution in [-0.4, -0.2) is 41.1 Å². The van der Waals surface area contributed by atoms with Crippen LogP contribution in [0.4, 0.5) is 0 Å². The SMILES string of the molecule is COc1ccc(C2=NC3(CCCCC3)N(C(=O)C(=O)Cl)C2)cc1. The van der Waals surface area contributed by atoms with E-state index in [0.29, 0.717) is 6.54 Å². The van der Waals surface area contributed by atoms with Gasteiger partial charge in [0, 0.05) is 0 Å². The summed E-state index contributed by atoms with van der Waals surface area (Å²) in [6.07, 6.45) is 4.69. The molecule has 0 N–H and O–H groups in total. The number of aliphatic imine (C=N–C) groups is 1. The maximum Gasteiger partial charge on any atom is 0.310 e. The van der Waals surface area contributed by atoms with E-state index < -0.39 is 16.8 Å². The van der Waals surface area contributed by atoms with E-state index >= 15 is 0 Å². The van der Waals surface area contributed by atoms with E-state index in [1.165, 1.54) is 0 Å². The summed E-state index contributed by atoms with van der Waals surface area (Å²) in [5.74, 6) is 0.115. The lowest BCUT2D eigenvalue weighted by Gasteiger charge is -2.38. The fraction of sp³-hybridized carbons (Fsp3) is 0.471. The second kappa shape index (κ2) is 6.32. The van der Waals surface area contributed by atoms with Crippen LogP contribution in [0.25, 0.3) is 0 Å². The number of nitrogens with zero attached hydrogens (tertiary/aromatic N) is 2. The van der Waals surface area contributed by atoms with Gasteiger partial charge in [0.1, 0.15) is 11.4 Å². The standard InChI is InChI=1S/C17H19ClN2O3/c1-23-13-7-5-12(6-8-13)14-11-20(16(22)15(18)21)17(19-14)9-3-2-4-10-17/h5-8H,2-4,9-11H2,1H3. The first-order valence-electron chi connectivity index (χ1n) is 7.80.